The summed E-state index contributed by atoms with van der Waals surface area (Å²) in [6.45, 7) is 1.49. The fourth-order valence-corrected chi connectivity index (χ4v) is 6.04. The van der Waals surface area contributed by atoms with E-state index in [-0.39, 0.29) is 0 Å². The van der Waals surface area contributed by atoms with Gasteiger partial charge in [-0.15, -0.1) is 0 Å². The van der Waals surface area contributed by atoms with Gasteiger partial charge in [-0.2, -0.15) is 0 Å². The molecule has 3 heterocycles. The molecule has 0 saturated heterocycles. The molecule has 0 amide bonds. The van der Waals surface area contributed by atoms with Crippen LogP contribution in [0.15, 0.2) is 104 Å². The van der Waals surface area contributed by atoms with Crippen molar-refractivity contribution in [3.63, 3.8) is 0 Å². The second kappa shape index (κ2) is 12.9. The first-order chi connectivity index (χ1) is 16.8. The zero-order valence-corrected chi connectivity index (χ0v) is 20.1. The molecular weight excluding hydrogens is 442 g/mol. The van der Waals surface area contributed by atoms with Gasteiger partial charge in [0.25, 0.3) is 0 Å². The summed E-state index contributed by atoms with van der Waals surface area (Å²) in [6.07, 6.45) is 13.1. The Morgan fingerprint density at radius 2 is 0.824 bits per heavy atom. The molecule has 0 unspecified atom stereocenters. The molecule has 0 bridgehead atoms. The number of rotatable bonds is 13. The van der Waals surface area contributed by atoms with Crippen molar-refractivity contribution in [2.24, 2.45) is 0 Å². The van der Waals surface area contributed by atoms with Crippen LogP contribution in [0.3, 0.4) is 0 Å². The molecular formula is C27H29N3O3Si. The van der Waals surface area contributed by atoms with Crippen LogP contribution in [0, 0.1) is 0 Å². The number of aromatic nitrogens is 3. The van der Waals surface area contributed by atoms with E-state index in [2.05, 4.69) is 15.0 Å². The topological polar surface area (TPSA) is 66.4 Å². The Labute approximate surface area is 202 Å². The Kier molecular flexibility index (Phi) is 9.04. The summed E-state index contributed by atoms with van der Waals surface area (Å²) >= 11 is 0. The maximum Gasteiger partial charge on any atom is 0.537 e. The highest BCUT2D eigenvalue weighted by Crippen LogP contribution is 2.15. The van der Waals surface area contributed by atoms with Gasteiger partial charge >= 0.3 is 8.80 Å². The van der Waals surface area contributed by atoms with E-state index in [9.17, 15) is 0 Å². The minimum Gasteiger partial charge on any atom is -0.370 e. The highest BCUT2D eigenvalue weighted by molar-refractivity contribution is 6.75. The first kappa shape index (κ1) is 23.9. The predicted molar refractivity (Wildman–Crippen MR) is 134 cm³/mol. The van der Waals surface area contributed by atoms with E-state index in [4.69, 9.17) is 13.3 Å². The Hall–Kier alpha value is -3.23. The van der Waals surface area contributed by atoms with Crippen LogP contribution in [0.4, 0.5) is 0 Å². The lowest BCUT2D eigenvalue weighted by Crippen LogP contribution is -2.57. The van der Waals surface area contributed by atoms with Crippen LogP contribution in [-0.4, -0.2) is 43.6 Å². The molecule has 6 nitrogen and oxygen atoms in total. The van der Waals surface area contributed by atoms with E-state index >= 15 is 0 Å². The van der Waals surface area contributed by atoms with E-state index in [1.54, 1.807) is 37.2 Å². The summed E-state index contributed by atoms with van der Waals surface area (Å²) < 4.78 is 19.6. The van der Waals surface area contributed by atoms with Gasteiger partial charge in [0, 0.05) is 62.2 Å². The van der Waals surface area contributed by atoms with Crippen molar-refractivity contribution in [3.8, 4) is 0 Å². The van der Waals surface area contributed by atoms with E-state index < -0.39 is 8.80 Å². The highest BCUT2D eigenvalue weighted by Gasteiger charge is 2.44. The quantitative estimate of drug-likeness (QED) is 0.276. The van der Waals surface area contributed by atoms with Crippen LogP contribution >= 0.6 is 0 Å². The van der Waals surface area contributed by atoms with E-state index in [0.29, 0.717) is 19.8 Å². The summed E-state index contributed by atoms with van der Waals surface area (Å²) in [5, 5.41) is 0.967. The molecule has 0 aliphatic carbocycles. The summed E-state index contributed by atoms with van der Waals surface area (Å²) in [5.74, 6) is 0. The van der Waals surface area contributed by atoms with Gasteiger partial charge in [0.1, 0.15) is 0 Å². The Morgan fingerprint density at radius 3 is 1.18 bits per heavy atom. The summed E-state index contributed by atoms with van der Waals surface area (Å²) in [5.41, 5.74) is 3.50. The van der Waals surface area contributed by atoms with Crippen LogP contribution in [0.2, 0.25) is 0 Å². The van der Waals surface area contributed by atoms with Crippen LogP contribution < -0.4 is 5.19 Å². The smallest absolute Gasteiger partial charge is 0.370 e. The lowest BCUT2D eigenvalue weighted by molar-refractivity contribution is 0.0755. The number of hydrogen-bond donors (Lipinski definition) is 0. The zero-order valence-electron chi connectivity index (χ0n) is 19.1. The number of nitrogens with zero attached hydrogens (tertiary/aromatic N) is 3. The van der Waals surface area contributed by atoms with Crippen molar-refractivity contribution in [3.05, 3.63) is 121 Å². The van der Waals surface area contributed by atoms with Crippen molar-refractivity contribution in [1.82, 2.24) is 15.0 Å². The Balaban J connectivity index is 1.50. The summed E-state index contributed by atoms with van der Waals surface area (Å²) in [6, 6.07) is 22.1. The van der Waals surface area contributed by atoms with Crippen LogP contribution in [0.1, 0.15) is 16.7 Å². The van der Waals surface area contributed by atoms with Crippen molar-refractivity contribution >= 4 is 14.0 Å². The maximum atomic E-state index is 6.54. The van der Waals surface area contributed by atoms with Crippen LogP contribution in [0.25, 0.3) is 0 Å². The van der Waals surface area contributed by atoms with Gasteiger partial charge in [0.05, 0.1) is 0 Å². The predicted octanol–water partition coefficient (Wildman–Crippen LogP) is 3.80. The zero-order chi connectivity index (χ0) is 23.3. The third kappa shape index (κ3) is 7.13. The molecule has 174 valence electrons. The molecule has 0 fully saturated rings. The molecule has 0 aliphatic heterocycles. The first-order valence-electron chi connectivity index (χ1n) is 11.5. The minimum atomic E-state index is -3.18. The van der Waals surface area contributed by atoms with Crippen molar-refractivity contribution in [2.75, 3.05) is 19.8 Å². The second-order valence-electron chi connectivity index (χ2n) is 7.78. The van der Waals surface area contributed by atoms with E-state index in [1.165, 1.54) is 16.7 Å². The number of benzene rings is 1. The fourth-order valence-electron chi connectivity index (χ4n) is 3.58. The molecule has 34 heavy (non-hydrogen) atoms. The molecule has 4 aromatic rings. The molecule has 0 spiro atoms. The molecule has 3 aromatic heterocycles. The molecule has 4 rings (SSSR count). The SMILES string of the molecule is c1ccc([Si](OCCc2ccncc2)(OCCc2ccncc2)OCCc2ccncc2)cc1. The maximum absolute atomic E-state index is 6.54. The van der Waals surface area contributed by atoms with Crippen LogP contribution in [-0.2, 0) is 32.5 Å². The normalized spacial score (nSPS) is 11.4. The van der Waals surface area contributed by atoms with Crippen molar-refractivity contribution in [2.45, 2.75) is 19.3 Å². The monoisotopic (exact) mass is 471 g/mol. The average molecular weight is 472 g/mol. The Morgan fingerprint density at radius 1 is 0.471 bits per heavy atom. The average Bonchev–Trinajstić information content (AvgIpc) is 2.91. The van der Waals surface area contributed by atoms with Gasteiger partial charge in [-0.05, 0) is 72.4 Å². The standard InChI is InChI=1S/C27H29N3O3Si/c1-2-4-27(5-3-1)34(31-21-12-24-6-15-28-16-7-24,32-22-13-25-8-17-29-18-9-25)33-23-14-26-10-19-30-20-11-26/h1-11,15-20H,12-14,21-23H2. The van der Waals surface area contributed by atoms with E-state index in [1.807, 2.05) is 66.7 Å². The van der Waals surface area contributed by atoms with Gasteiger partial charge < -0.3 is 13.3 Å². The molecule has 1 aromatic carbocycles. The number of pyridine rings is 3. The second-order valence-corrected chi connectivity index (χ2v) is 10.3. The highest BCUT2D eigenvalue weighted by atomic mass is 28.4. The molecule has 0 N–H and O–H groups in total. The van der Waals surface area contributed by atoms with Gasteiger partial charge in [-0.25, -0.2) is 0 Å². The van der Waals surface area contributed by atoms with Gasteiger partial charge in [-0.3, -0.25) is 15.0 Å². The van der Waals surface area contributed by atoms with Gasteiger partial charge in [-0.1, -0.05) is 30.3 Å². The van der Waals surface area contributed by atoms with Crippen molar-refractivity contribution in [1.29, 1.82) is 0 Å². The van der Waals surface area contributed by atoms with Crippen LogP contribution in [0.5, 0.6) is 0 Å². The third-order valence-corrected chi connectivity index (χ3v) is 8.22. The number of hydrogen-bond acceptors (Lipinski definition) is 6. The minimum absolute atomic E-state index is 0.496. The molecule has 0 radical (unpaired) electrons. The summed E-state index contributed by atoms with van der Waals surface area (Å²) in [7, 11) is -3.18. The van der Waals surface area contributed by atoms with Gasteiger partial charge in [0.15, 0.2) is 0 Å². The third-order valence-electron chi connectivity index (χ3n) is 5.42. The molecule has 0 saturated carbocycles. The lowest BCUT2D eigenvalue weighted by atomic mass is 10.2. The first-order valence-corrected chi connectivity index (χ1v) is 13.2. The largest absolute Gasteiger partial charge is 0.537 e. The molecule has 7 heteroatoms. The van der Waals surface area contributed by atoms with E-state index in [0.717, 1.165) is 24.4 Å². The molecule has 0 atom stereocenters. The van der Waals surface area contributed by atoms with Gasteiger partial charge in [0.2, 0.25) is 0 Å². The summed E-state index contributed by atoms with van der Waals surface area (Å²) in [4.78, 5) is 12.3. The Bertz CT molecular complexity index is 976. The lowest BCUT2D eigenvalue weighted by Gasteiger charge is -2.30. The van der Waals surface area contributed by atoms with Crippen molar-refractivity contribution < 1.29 is 13.3 Å². The molecule has 0 aliphatic rings. The fraction of sp³-hybridized carbons (Fsp3) is 0.222.